The van der Waals surface area contributed by atoms with Crippen molar-refractivity contribution in [1.82, 2.24) is 9.55 Å². The van der Waals surface area contributed by atoms with Gasteiger partial charge in [-0.2, -0.15) is 0 Å². The Kier molecular flexibility index (Phi) is 4.49. The maximum Gasteiger partial charge on any atom is 0.155 e. The highest BCUT2D eigenvalue weighted by Crippen LogP contribution is 2.35. The normalized spacial score (nSPS) is 13.9. The summed E-state index contributed by atoms with van der Waals surface area (Å²) in [6.07, 6.45) is 3.95. The monoisotopic (exact) mass is 365 g/mol. The number of nitrogens with zero attached hydrogens (tertiary/aromatic N) is 3. The fourth-order valence-corrected chi connectivity index (χ4v) is 4.20. The van der Waals surface area contributed by atoms with E-state index >= 15 is 0 Å². The third-order valence-corrected chi connectivity index (χ3v) is 5.75. The average Bonchev–Trinajstić information content (AvgIpc) is 2.90. The van der Waals surface area contributed by atoms with Crippen LogP contribution in [0.3, 0.4) is 0 Å². The fraction of sp³-hybridized carbons (Fsp3) is 0.318. The first-order chi connectivity index (χ1) is 12.6. The molecule has 134 valence electrons. The maximum absolute atomic E-state index is 6.42. The molecule has 3 aromatic rings. The van der Waals surface area contributed by atoms with Crippen LogP contribution in [0.25, 0.3) is 10.9 Å². The number of rotatable bonds is 4. The van der Waals surface area contributed by atoms with Gasteiger partial charge in [-0.25, -0.2) is 4.98 Å². The van der Waals surface area contributed by atoms with Crippen LogP contribution in [-0.4, -0.2) is 16.1 Å². The van der Waals surface area contributed by atoms with E-state index in [9.17, 15) is 0 Å². The van der Waals surface area contributed by atoms with Crippen LogP contribution in [0.1, 0.15) is 28.8 Å². The zero-order chi connectivity index (χ0) is 18.3. The molecule has 0 atom stereocenters. The minimum atomic E-state index is 0.565. The Labute approximate surface area is 159 Å². The number of halogens is 1. The van der Waals surface area contributed by atoms with Crippen LogP contribution in [0, 0.1) is 13.8 Å². The molecule has 0 saturated heterocycles. The lowest BCUT2D eigenvalue weighted by molar-refractivity contribution is 0.697. The highest BCUT2D eigenvalue weighted by Gasteiger charge is 2.23. The van der Waals surface area contributed by atoms with Gasteiger partial charge in [-0.15, -0.1) is 6.58 Å². The molecule has 2 aromatic heterocycles. The first-order valence-electron chi connectivity index (χ1n) is 9.18. The van der Waals surface area contributed by atoms with Gasteiger partial charge in [-0.05, 0) is 49.4 Å². The van der Waals surface area contributed by atoms with Crippen molar-refractivity contribution < 1.29 is 0 Å². The summed E-state index contributed by atoms with van der Waals surface area (Å²) in [5.41, 5.74) is 6.59. The van der Waals surface area contributed by atoms with E-state index < -0.39 is 0 Å². The molecule has 1 aliphatic rings. The lowest BCUT2D eigenvalue weighted by Gasteiger charge is -2.30. The number of fused-ring (bicyclic) bond motifs is 2. The average molecular weight is 366 g/mol. The molecule has 0 aliphatic carbocycles. The molecule has 4 rings (SSSR count). The smallest absolute Gasteiger partial charge is 0.155 e. The maximum atomic E-state index is 6.42. The van der Waals surface area contributed by atoms with Gasteiger partial charge in [0.25, 0.3) is 0 Å². The minimum Gasteiger partial charge on any atom is -0.350 e. The van der Waals surface area contributed by atoms with E-state index in [0.717, 1.165) is 38.3 Å². The number of allylic oxidation sites excluding steroid dienone is 1. The molecule has 4 heteroatoms. The molecular weight excluding hydrogens is 342 g/mol. The Hall–Kier alpha value is -2.26. The summed E-state index contributed by atoms with van der Waals surface area (Å²) < 4.78 is 2.38. The number of hydrogen-bond acceptors (Lipinski definition) is 2. The molecule has 0 bridgehead atoms. The van der Waals surface area contributed by atoms with Crippen molar-refractivity contribution in [2.75, 3.05) is 11.4 Å². The molecule has 0 radical (unpaired) electrons. The predicted octanol–water partition coefficient (Wildman–Crippen LogP) is 5.45. The standard InChI is InChI=1S/C22H24ClN3/c1-4-5-11-26-16(3)15(2)19-13-20(23)24-22(21(19)26)25-12-10-17-8-6-7-9-18(17)14-25/h4,6-9,13H,1,5,10-12,14H2,2-3H3. The number of pyridine rings is 1. The minimum absolute atomic E-state index is 0.565. The van der Waals surface area contributed by atoms with Crippen molar-refractivity contribution in [1.29, 1.82) is 0 Å². The molecule has 26 heavy (non-hydrogen) atoms. The van der Waals surface area contributed by atoms with Gasteiger partial charge in [0.2, 0.25) is 0 Å². The number of aromatic nitrogens is 2. The van der Waals surface area contributed by atoms with E-state index in [0.29, 0.717) is 5.15 Å². The summed E-state index contributed by atoms with van der Waals surface area (Å²) in [5.74, 6) is 1.00. The molecule has 0 fully saturated rings. The Morgan fingerprint density at radius 2 is 2.00 bits per heavy atom. The number of benzene rings is 1. The zero-order valence-corrected chi connectivity index (χ0v) is 16.2. The first-order valence-corrected chi connectivity index (χ1v) is 9.56. The van der Waals surface area contributed by atoms with Crippen LogP contribution in [-0.2, 0) is 19.5 Å². The van der Waals surface area contributed by atoms with E-state index in [1.807, 2.05) is 12.1 Å². The molecule has 0 amide bonds. The molecule has 3 nitrogen and oxygen atoms in total. The third-order valence-electron chi connectivity index (χ3n) is 5.55. The summed E-state index contributed by atoms with van der Waals surface area (Å²) in [6.45, 7) is 11.0. The summed E-state index contributed by atoms with van der Waals surface area (Å²) in [7, 11) is 0. The van der Waals surface area contributed by atoms with E-state index in [-0.39, 0.29) is 0 Å². The number of anilines is 1. The Bertz CT molecular complexity index is 987. The highest BCUT2D eigenvalue weighted by atomic mass is 35.5. The molecule has 0 saturated carbocycles. The van der Waals surface area contributed by atoms with Gasteiger partial charge in [0.05, 0.1) is 5.52 Å². The zero-order valence-electron chi connectivity index (χ0n) is 15.4. The van der Waals surface area contributed by atoms with Crippen LogP contribution in [0.2, 0.25) is 5.15 Å². The molecule has 3 heterocycles. The van der Waals surface area contributed by atoms with E-state index in [1.165, 1.54) is 33.3 Å². The van der Waals surface area contributed by atoms with Crippen molar-refractivity contribution >= 4 is 28.3 Å². The van der Waals surface area contributed by atoms with E-state index in [4.69, 9.17) is 16.6 Å². The molecule has 0 unspecified atom stereocenters. The Morgan fingerprint density at radius 1 is 1.23 bits per heavy atom. The van der Waals surface area contributed by atoms with Crippen molar-refractivity contribution in [2.45, 2.75) is 39.8 Å². The van der Waals surface area contributed by atoms with Crippen LogP contribution in [0.15, 0.2) is 43.0 Å². The summed E-state index contributed by atoms with van der Waals surface area (Å²) in [5, 5.41) is 1.77. The summed E-state index contributed by atoms with van der Waals surface area (Å²) >= 11 is 6.42. The van der Waals surface area contributed by atoms with Gasteiger partial charge in [0.1, 0.15) is 5.15 Å². The second-order valence-corrected chi connectivity index (χ2v) is 7.43. The van der Waals surface area contributed by atoms with Gasteiger partial charge < -0.3 is 9.47 Å². The van der Waals surface area contributed by atoms with Crippen LogP contribution in [0.5, 0.6) is 0 Å². The largest absolute Gasteiger partial charge is 0.350 e. The van der Waals surface area contributed by atoms with Gasteiger partial charge >= 0.3 is 0 Å². The first kappa shape index (κ1) is 17.2. The van der Waals surface area contributed by atoms with E-state index in [1.54, 1.807) is 0 Å². The number of hydrogen-bond donors (Lipinski definition) is 0. The Morgan fingerprint density at radius 3 is 2.77 bits per heavy atom. The molecular formula is C22H24ClN3. The Balaban J connectivity index is 1.87. The molecule has 0 spiro atoms. The van der Waals surface area contributed by atoms with Crippen LogP contribution < -0.4 is 4.90 Å². The van der Waals surface area contributed by atoms with Crippen molar-refractivity contribution in [3.05, 3.63) is 70.5 Å². The molecule has 1 aliphatic heterocycles. The molecule has 0 N–H and O–H groups in total. The van der Waals surface area contributed by atoms with E-state index in [2.05, 4.69) is 54.2 Å². The number of aryl methyl sites for hydroxylation is 2. The SMILES string of the molecule is C=CCCn1c(C)c(C)c2cc(Cl)nc(N3CCc4ccccc4C3)c21. The topological polar surface area (TPSA) is 21.1 Å². The van der Waals surface area contributed by atoms with Crippen molar-refractivity contribution in [2.24, 2.45) is 0 Å². The second-order valence-electron chi connectivity index (χ2n) is 7.04. The quantitative estimate of drug-likeness (QED) is 0.453. The summed E-state index contributed by atoms with van der Waals surface area (Å²) in [6, 6.07) is 10.7. The molecule has 1 aromatic carbocycles. The highest BCUT2D eigenvalue weighted by molar-refractivity contribution is 6.30. The third kappa shape index (κ3) is 2.80. The van der Waals surface area contributed by atoms with Gasteiger partial charge in [-0.1, -0.05) is 41.9 Å². The second kappa shape index (κ2) is 6.81. The predicted molar refractivity (Wildman–Crippen MR) is 110 cm³/mol. The van der Waals surface area contributed by atoms with Crippen molar-refractivity contribution in [3.8, 4) is 0 Å². The fourth-order valence-electron chi connectivity index (χ4n) is 4.01. The lowest BCUT2D eigenvalue weighted by atomic mass is 10.00. The van der Waals surface area contributed by atoms with Crippen LogP contribution in [0.4, 0.5) is 5.82 Å². The van der Waals surface area contributed by atoms with Gasteiger partial charge in [0.15, 0.2) is 5.82 Å². The lowest BCUT2D eigenvalue weighted by Crippen LogP contribution is -2.31. The van der Waals surface area contributed by atoms with Gasteiger partial charge in [-0.3, -0.25) is 0 Å². The van der Waals surface area contributed by atoms with Crippen LogP contribution >= 0.6 is 11.6 Å². The van der Waals surface area contributed by atoms with Gasteiger partial charge in [0, 0.05) is 30.7 Å². The van der Waals surface area contributed by atoms with Crippen molar-refractivity contribution in [3.63, 3.8) is 0 Å². The summed E-state index contributed by atoms with van der Waals surface area (Å²) in [4.78, 5) is 7.14.